The van der Waals surface area contributed by atoms with Crippen LogP contribution in [0.4, 0.5) is 0 Å². The fraction of sp³-hybridized carbons (Fsp3) is 0. The molecular weight excluding hydrogens is 408 g/mol. The average Bonchev–Trinajstić information content (AvgIpc) is 3.54. The zero-order valence-corrected chi connectivity index (χ0v) is 16.5. The van der Waals surface area contributed by atoms with Crippen molar-refractivity contribution in [3.63, 3.8) is 0 Å². The summed E-state index contributed by atoms with van der Waals surface area (Å²) in [5, 5.41) is 22.9. The van der Waals surface area contributed by atoms with Crippen LogP contribution in [-0.2, 0) is 17.1 Å². The summed E-state index contributed by atoms with van der Waals surface area (Å²) in [6, 6.07) is 7.17. The van der Waals surface area contributed by atoms with E-state index >= 15 is 0 Å². The third-order valence-corrected chi connectivity index (χ3v) is 3.78. The molecule has 0 radical (unpaired) electrons. The van der Waals surface area contributed by atoms with E-state index < -0.39 is 0 Å². The molecule has 2 aromatic rings. The molecule has 0 bridgehead atoms. The predicted octanol–water partition coefficient (Wildman–Crippen LogP) is 4.06. The molecule has 0 spiro atoms. The van der Waals surface area contributed by atoms with Gasteiger partial charge in [0.15, 0.2) is 0 Å². The summed E-state index contributed by atoms with van der Waals surface area (Å²) in [7, 11) is 0. The third kappa shape index (κ3) is 6.92. The van der Waals surface area contributed by atoms with Crippen molar-refractivity contribution in [2.75, 3.05) is 0 Å². The minimum atomic E-state index is -0.00796. The number of rotatable bonds is 4. The molecule has 0 saturated carbocycles. The zero-order chi connectivity index (χ0) is 19.6. The van der Waals surface area contributed by atoms with Gasteiger partial charge in [0.1, 0.15) is 11.5 Å². The third-order valence-electron chi connectivity index (χ3n) is 3.78. The standard InChI is InChI=1S/2C12H10O2.Fe/c2*13-12(10-4-1-2-5-10)8-7-11-6-3-9-14-11;/h2*1-9,13H;/q;;+2/p-2. The van der Waals surface area contributed by atoms with Gasteiger partial charge in [-0.1, -0.05) is 60.8 Å². The molecule has 0 amide bonds. The van der Waals surface area contributed by atoms with Gasteiger partial charge in [-0.25, -0.2) is 0 Å². The molecule has 0 aromatic carbocycles. The van der Waals surface area contributed by atoms with Crippen LogP contribution < -0.4 is 10.2 Å². The van der Waals surface area contributed by atoms with Crippen LogP contribution in [0, 0.1) is 0 Å². The molecule has 146 valence electrons. The van der Waals surface area contributed by atoms with Crippen molar-refractivity contribution in [1.29, 1.82) is 0 Å². The zero-order valence-electron chi connectivity index (χ0n) is 15.4. The molecule has 2 heterocycles. The molecule has 4 rings (SSSR count). The van der Waals surface area contributed by atoms with Crippen LogP contribution in [0.5, 0.6) is 0 Å². The molecule has 0 atom stereocenters. The van der Waals surface area contributed by atoms with Gasteiger partial charge in [0, 0.05) is 0 Å². The van der Waals surface area contributed by atoms with Crippen molar-refractivity contribution >= 4 is 12.2 Å². The Morgan fingerprint density at radius 2 is 1.03 bits per heavy atom. The molecular formula is C24H18FeO4. The van der Waals surface area contributed by atoms with Crippen LogP contribution in [0.3, 0.4) is 0 Å². The molecule has 0 saturated heterocycles. The largest absolute Gasteiger partial charge is 2.00 e. The first-order valence-corrected chi connectivity index (χ1v) is 8.67. The number of hydrogen-bond acceptors (Lipinski definition) is 4. The molecule has 29 heavy (non-hydrogen) atoms. The summed E-state index contributed by atoms with van der Waals surface area (Å²) in [5.74, 6) is 1.35. The van der Waals surface area contributed by atoms with Crippen LogP contribution in [0.1, 0.15) is 11.5 Å². The van der Waals surface area contributed by atoms with Crippen molar-refractivity contribution in [1.82, 2.24) is 0 Å². The van der Waals surface area contributed by atoms with Gasteiger partial charge >= 0.3 is 17.1 Å². The maximum Gasteiger partial charge on any atom is 2.00 e. The monoisotopic (exact) mass is 426 g/mol. The Morgan fingerprint density at radius 3 is 1.34 bits per heavy atom. The number of allylic oxidation sites excluding steroid dienone is 12. The van der Waals surface area contributed by atoms with E-state index in [1.165, 1.54) is 12.2 Å². The molecule has 2 aromatic heterocycles. The van der Waals surface area contributed by atoms with Crippen LogP contribution in [-0.4, -0.2) is 0 Å². The number of hydrogen-bond donors (Lipinski definition) is 0. The van der Waals surface area contributed by atoms with Gasteiger partial charge in [0.25, 0.3) is 0 Å². The number of furan rings is 2. The van der Waals surface area contributed by atoms with Gasteiger partial charge in [-0.05, 0) is 47.6 Å². The molecule has 0 fully saturated rings. The fourth-order valence-electron chi connectivity index (χ4n) is 2.36. The summed E-state index contributed by atoms with van der Waals surface area (Å²) in [6.07, 6.45) is 24.0. The SMILES string of the molecule is [Fe+2].[O-]C(C=Cc1ccco1)=C1C=CC=C1.[O-]C(C=Cc1ccco1)=C1C=CC=C1. The normalized spacial score (nSPS) is 13.9. The first-order chi connectivity index (χ1) is 13.7. The summed E-state index contributed by atoms with van der Waals surface area (Å²) in [4.78, 5) is 0. The van der Waals surface area contributed by atoms with Crippen molar-refractivity contribution in [3.05, 3.63) is 132 Å². The van der Waals surface area contributed by atoms with E-state index in [4.69, 9.17) is 8.83 Å². The molecule has 5 heteroatoms. The second-order valence-corrected chi connectivity index (χ2v) is 5.77. The van der Waals surface area contributed by atoms with Gasteiger partial charge in [0.2, 0.25) is 0 Å². The Balaban J connectivity index is 0.000000200. The summed E-state index contributed by atoms with van der Waals surface area (Å²) in [5.41, 5.74) is 1.40. The second kappa shape index (κ2) is 11.4. The van der Waals surface area contributed by atoms with E-state index in [9.17, 15) is 10.2 Å². The van der Waals surface area contributed by atoms with E-state index in [2.05, 4.69) is 0 Å². The maximum absolute atomic E-state index is 11.5. The van der Waals surface area contributed by atoms with Gasteiger partial charge in [0.05, 0.1) is 12.5 Å². The van der Waals surface area contributed by atoms with E-state index in [1.54, 1.807) is 73.2 Å². The van der Waals surface area contributed by atoms with Crippen LogP contribution in [0.15, 0.2) is 129 Å². The predicted molar refractivity (Wildman–Crippen MR) is 106 cm³/mol. The Bertz CT molecular complexity index is 897. The topological polar surface area (TPSA) is 72.4 Å². The smallest absolute Gasteiger partial charge is 0.872 e. The fourth-order valence-corrected chi connectivity index (χ4v) is 2.36. The molecule has 0 N–H and O–H groups in total. The van der Waals surface area contributed by atoms with Crippen molar-refractivity contribution in [3.8, 4) is 0 Å². The summed E-state index contributed by atoms with van der Waals surface area (Å²) in [6.45, 7) is 0. The van der Waals surface area contributed by atoms with E-state index in [0.717, 1.165) is 0 Å². The Kier molecular flexibility index (Phi) is 8.64. The van der Waals surface area contributed by atoms with Crippen molar-refractivity contribution < 1.29 is 36.1 Å². The van der Waals surface area contributed by atoms with E-state index in [0.29, 0.717) is 22.7 Å². The first-order valence-electron chi connectivity index (χ1n) is 8.67. The summed E-state index contributed by atoms with van der Waals surface area (Å²) >= 11 is 0. The van der Waals surface area contributed by atoms with Crippen LogP contribution in [0.25, 0.3) is 12.2 Å². The minimum Gasteiger partial charge on any atom is -0.872 e. The second-order valence-electron chi connectivity index (χ2n) is 5.77. The quantitative estimate of drug-likeness (QED) is 0.546. The molecule has 0 aliphatic heterocycles. The Morgan fingerprint density at radius 1 is 0.655 bits per heavy atom. The van der Waals surface area contributed by atoms with Crippen LogP contribution in [0.2, 0.25) is 0 Å². The Labute approximate surface area is 180 Å². The van der Waals surface area contributed by atoms with Crippen molar-refractivity contribution in [2.45, 2.75) is 0 Å². The van der Waals surface area contributed by atoms with E-state index in [1.807, 2.05) is 24.3 Å². The molecule has 2 aliphatic rings. The Hall–Kier alpha value is -3.40. The van der Waals surface area contributed by atoms with Gasteiger partial charge in [-0.3, -0.25) is 0 Å². The maximum atomic E-state index is 11.5. The minimum absolute atomic E-state index is 0. The van der Waals surface area contributed by atoms with Gasteiger partial charge in [-0.15, -0.1) is 11.5 Å². The average molecular weight is 426 g/mol. The molecule has 2 aliphatic carbocycles. The van der Waals surface area contributed by atoms with E-state index in [-0.39, 0.29) is 28.6 Å². The van der Waals surface area contributed by atoms with Crippen LogP contribution >= 0.6 is 0 Å². The summed E-state index contributed by atoms with van der Waals surface area (Å²) < 4.78 is 10.1. The molecule has 0 unspecified atom stereocenters. The van der Waals surface area contributed by atoms with Gasteiger partial charge in [-0.2, -0.15) is 0 Å². The molecule has 4 nitrogen and oxygen atoms in total. The van der Waals surface area contributed by atoms with Crippen molar-refractivity contribution in [2.24, 2.45) is 0 Å². The first kappa shape index (κ1) is 21.9. The van der Waals surface area contributed by atoms with Gasteiger partial charge < -0.3 is 19.0 Å².